The van der Waals surface area contributed by atoms with E-state index >= 15 is 0 Å². The maximum atomic E-state index is 13.9. The van der Waals surface area contributed by atoms with Crippen molar-refractivity contribution in [3.05, 3.63) is 46.3 Å². The first kappa shape index (κ1) is 31.2. The van der Waals surface area contributed by atoms with Crippen molar-refractivity contribution in [2.45, 2.75) is 77.4 Å². The second kappa shape index (κ2) is 16.0. The molecule has 1 amide bonds. The van der Waals surface area contributed by atoms with Crippen LogP contribution < -0.4 is 5.32 Å². The summed E-state index contributed by atoms with van der Waals surface area (Å²) in [7, 11) is 1.89. The van der Waals surface area contributed by atoms with Gasteiger partial charge in [0.25, 0.3) is 5.91 Å². The highest BCUT2D eigenvalue weighted by Crippen LogP contribution is 2.32. The van der Waals surface area contributed by atoms with Crippen LogP contribution in [-0.4, -0.2) is 105 Å². The van der Waals surface area contributed by atoms with Crippen LogP contribution in [0.4, 0.5) is 0 Å². The quantitative estimate of drug-likeness (QED) is 0.126. The lowest BCUT2D eigenvalue weighted by atomic mass is 10.0. The zero-order valence-electron chi connectivity index (χ0n) is 25.3. The third kappa shape index (κ3) is 8.87. The fourth-order valence-corrected chi connectivity index (χ4v) is 5.91. The predicted molar refractivity (Wildman–Crippen MR) is 162 cm³/mol. The van der Waals surface area contributed by atoms with Gasteiger partial charge < -0.3 is 24.6 Å². The van der Waals surface area contributed by atoms with E-state index in [-0.39, 0.29) is 11.9 Å². The minimum absolute atomic E-state index is 0.0830. The second-order valence-corrected chi connectivity index (χ2v) is 11.3. The number of hydrogen-bond donors (Lipinski definition) is 1. The summed E-state index contributed by atoms with van der Waals surface area (Å²) in [6, 6.07) is 0.129. The number of hydrazone groups is 1. The summed E-state index contributed by atoms with van der Waals surface area (Å²) < 4.78 is 11.5. The fourth-order valence-electron chi connectivity index (χ4n) is 5.91. The summed E-state index contributed by atoms with van der Waals surface area (Å²) in [6.45, 7) is 10.6. The van der Waals surface area contributed by atoms with Crippen molar-refractivity contribution in [3.8, 4) is 0 Å². The van der Waals surface area contributed by atoms with Crippen LogP contribution in [0, 0.1) is 0 Å². The van der Waals surface area contributed by atoms with Gasteiger partial charge in [0, 0.05) is 82.2 Å². The predicted octanol–water partition coefficient (Wildman–Crippen LogP) is 3.80. The van der Waals surface area contributed by atoms with E-state index in [0.717, 1.165) is 112 Å². The zero-order chi connectivity index (χ0) is 29.0. The molecular formula is C32H49N5O4. The summed E-state index contributed by atoms with van der Waals surface area (Å²) in [5.74, 6) is 0.0830. The smallest absolute Gasteiger partial charge is 0.253 e. The summed E-state index contributed by atoms with van der Waals surface area (Å²) in [4.78, 5) is 30.2. The number of nitrogens with one attached hydrogen (secondary N) is 1. The minimum Gasteiger partial charge on any atom is -0.388 e. The SMILES string of the molecule is C/C=N\N(/C(=C/C=O)C1=C(NC)C=C(C)C(C(=O)N2CCCN(CCCOC3CC3)CC2)=CC1)C1CCCOCC1. The first-order valence-electron chi connectivity index (χ1n) is 15.5. The largest absolute Gasteiger partial charge is 0.388 e. The molecule has 0 aromatic carbocycles. The number of nitrogens with zero attached hydrogens (tertiary/aromatic N) is 4. The van der Waals surface area contributed by atoms with E-state index in [4.69, 9.17) is 14.6 Å². The summed E-state index contributed by atoms with van der Waals surface area (Å²) in [5.41, 5.74) is 4.27. The van der Waals surface area contributed by atoms with E-state index in [9.17, 15) is 9.59 Å². The molecule has 1 N–H and O–H groups in total. The molecule has 4 aliphatic rings. The van der Waals surface area contributed by atoms with Gasteiger partial charge in [-0.25, -0.2) is 0 Å². The van der Waals surface area contributed by atoms with Crippen LogP contribution >= 0.6 is 0 Å². The Morgan fingerprint density at radius 1 is 1.17 bits per heavy atom. The highest BCUT2D eigenvalue weighted by Gasteiger charge is 2.28. The van der Waals surface area contributed by atoms with E-state index in [1.807, 2.05) is 43.0 Å². The van der Waals surface area contributed by atoms with Crippen molar-refractivity contribution < 1.29 is 19.1 Å². The Balaban J connectivity index is 1.48. The molecule has 0 spiro atoms. The van der Waals surface area contributed by atoms with Gasteiger partial charge in [-0.2, -0.15) is 5.10 Å². The van der Waals surface area contributed by atoms with Crippen molar-refractivity contribution >= 4 is 18.4 Å². The highest BCUT2D eigenvalue weighted by molar-refractivity contribution is 5.98. The maximum Gasteiger partial charge on any atom is 0.253 e. The Morgan fingerprint density at radius 2 is 2.02 bits per heavy atom. The number of carbonyl (C=O) groups is 2. The van der Waals surface area contributed by atoms with Crippen LogP contribution in [0.3, 0.4) is 0 Å². The maximum absolute atomic E-state index is 13.9. The van der Waals surface area contributed by atoms with E-state index in [0.29, 0.717) is 19.1 Å². The number of likely N-dealkylation sites (N-methyl/N-ethyl adjacent to an activating group) is 1. The lowest BCUT2D eigenvalue weighted by molar-refractivity contribution is -0.126. The van der Waals surface area contributed by atoms with Crippen LogP contribution in [0.5, 0.6) is 0 Å². The molecule has 3 fully saturated rings. The molecule has 2 aliphatic heterocycles. The highest BCUT2D eigenvalue weighted by atomic mass is 16.5. The van der Waals surface area contributed by atoms with Crippen molar-refractivity contribution in [2.24, 2.45) is 5.10 Å². The second-order valence-electron chi connectivity index (χ2n) is 11.3. The molecule has 2 aliphatic carbocycles. The number of allylic oxidation sites excluding steroid dienone is 4. The molecule has 1 saturated carbocycles. The average Bonchev–Trinajstić information content (AvgIpc) is 3.84. The van der Waals surface area contributed by atoms with Crippen molar-refractivity contribution in [1.29, 1.82) is 0 Å². The van der Waals surface area contributed by atoms with Gasteiger partial charge in [0.05, 0.1) is 17.8 Å². The van der Waals surface area contributed by atoms with Crippen molar-refractivity contribution in [3.63, 3.8) is 0 Å². The zero-order valence-corrected chi connectivity index (χ0v) is 25.3. The molecule has 1 unspecified atom stereocenters. The Kier molecular flexibility index (Phi) is 12.2. The van der Waals surface area contributed by atoms with E-state index < -0.39 is 0 Å². The van der Waals surface area contributed by atoms with Crippen molar-refractivity contribution in [2.75, 3.05) is 59.6 Å². The van der Waals surface area contributed by atoms with Crippen LogP contribution in [0.15, 0.2) is 51.4 Å². The molecule has 4 rings (SSSR count). The number of aldehydes is 1. The van der Waals surface area contributed by atoms with Crippen LogP contribution in [-0.2, 0) is 19.1 Å². The molecule has 1 atom stereocenters. The van der Waals surface area contributed by atoms with Gasteiger partial charge in [-0.3, -0.25) is 14.6 Å². The molecular weight excluding hydrogens is 518 g/mol. The van der Waals surface area contributed by atoms with Crippen LogP contribution in [0.1, 0.15) is 65.2 Å². The van der Waals surface area contributed by atoms with Crippen molar-refractivity contribution in [1.82, 2.24) is 20.1 Å². The Morgan fingerprint density at radius 3 is 2.78 bits per heavy atom. The lowest BCUT2D eigenvalue weighted by Gasteiger charge is -2.31. The standard InChI is InChI=1S/C32H49N5O4/c1-4-34-37(26-8-5-21-40-23-14-26)31(13-20-38)29-12-11-28(25(2)24-30(29)33-3)32(39)36-17-6-15-35(18-19-36)16-7-22-41-27-9-10-27/h4,11,13,20,24,26-27,33H,5-10,12,14-19,21-23H2,1-3H3/b31-13+,34-4-. The van der Waals surface area contributed by atoms with Gasteiger partial charge in [-0.15, -0.1) is 0 Å². The monoisotopic (exact) mass is 567 g/mol. The minimum atomic E-state index is 0.0830. The fraction of sp³-hybridized carbons (Fsp3) is 0.656. The van der Waals surface area contributed by atoms with Crippen LogP contribution in [0.2, 0.25) is 0 Å². The van der Waals surface area contributed by atoms with E-state index in [1.54, 1.807) is 12.3 Å². The van der Waals surface area contributed by atoms with Gasteiger partial charge in [0.1, 0.15) is 6.29 Å². The van der Waals surface area contributed by atoms with E-state index in [2.05, 4.69) is 10.2 Å². The number of ether oxygens (including phenoxy) is 2. The number of hydrogen-bond acceptors (Lipinski definition) is 8. The number of carbonyl (C=O) groups excluding carboxylic acids is 2. The third-order valence-electron chi connectivity index (χ3n) is 8.28. The van der Waals surface area contributed by atoms with Gasteiger partial charge in [0.15, 0.2) is 0 Å². The Hall–Kier alpha value is -2.75. The summed E-state index contributed by atoms with van der Waals surface area (Å²) in [5, 5.41) is 10.0. The molecule has 0 bridgehead atoms. The van der Waals surface area contributed by atoms with Gasteiger partial charge in [-0.05, 0) is 83.4 Å². The molecule has 0 aromatic heterocycles. The molecule has 9 heteroatoms. The van der Waals surface area contributed by atoms with Gasteiger partial charge in [-0.1, -0.05) is 6.08 Å². The van der Waals surface area contributed by atoms with Gasteiger partial charge in [0.2, 0.25) is 0 Å². The summed E-state index contributed by atoms with van der Waals surface area (Å²) in [6.07, 6.45) is 16.5. The molecule has 2 heterocycles. The van der Waals surface area contributed by atoms with Crippen LogP contribution in [0.25, 0.3) is 0 Å². The average molecular weight is 568 g/mol. The molecule has 0 radical (unpaired) electrons. The lowest BCUT2D eigenvalue weighted by Crippen LogP contribution is -2.36. The normalized spacial score (nSPS) is 23.4. The van der Waals surface area contributed by atoms with Gasteiger partial charge >= 0.3 is 0 Å². The number of rotatable bonds is 12. The molecule has 41 heavy (non-hydrogen) atoms. The molecule has 0 aromatic rings. The Labute approximate surface area is 246 Å². The third-order valence-corrected chi connectivity index (χ3v) is 8.28. The first-order valence-corrected chi connectivity index (χ1v) is 15.5. The first-order chi connectivity index (χ1) is 20.0. The molecule has 9 nitrogen and oxygen atoms in total. The summed E-state index contributed by atoms with van der Waals surface area (Å²) >= 11 is 0. The van der Waals surface area contributed by atoms with E-state index in [1.165, 1.54) is 12.8 Å². The Bertz CT molecular complexity index is 1050. The number of amides is 1. The molecule has 226 valence electrons. The molecule has 2 saturated heterocycles. The topological polar surface area (TPSA) is 86.7 Å².